The molecule has 2 rings (SSSR count). The molecule has 2 aliphatic carbocycles. The maximum absolute atomic E-state index is 2.62. The molecule has 0 spiro atoms. The topological polar surface area (TPSA) is 0 Å². The highest BCUT2D eigenvalue weighted by Gasteiger charge is 2.32. The molecule has 0 saturated carbocycles. The molecule has 0 N–H and O–H groups in total. The fraction of sp³-hybridized carbons (Fsp3) is 0.800. The van der Waals surface area contributed by atoms with Gasteiger partial charge in [-0.2, -0.15) is 0 Å². The van der Waals surface area contributed by atoms with Gasteiger partial charge >= 0.3 is 0 Å². The van der Waals surface area contributed by atoms with Crippen LogP contribution in [0.25, 0.3) is 0 Å². The third kappa shape index (κ3) is 3.38. The zero-order chi connectivity index (χ0) is 14.9. The van der Waals surface area contributed by atoms with Crippen LogP contribution in [0.4, 0.5) is 0 Å². The van der Waals surface area contributed by atoms with Crippen molar-refractivity contribution in [1.82, 2.24) is 0 Å². The van der Waals surface area contributed by atoms with Gasteiger partial charge in [-0.1, -0.05) is 53.7 Å². The highest BCUT2D eigenvalue weighted by atomic mass is 14.4. The predicted octanol–water partition coefficient (Wildman–Crippen LogP) is 6.24. The fourth-order valence-electron chi connectivity index (χ4n) is 4.23. The Hall–Kier alpha value is -0.520. The molecule has 0 aromatic heterocycles. The normalized spacial score (nSPS) is 35.2. The van der Waals surface area contributed by atoms with Gasteiger partial charge in [0.05, 0.1) is 0 Å². The summed E-state index contributed by atoms with van der Waals surface area (Å²) >= 11 is 0. The summed E-state index contributed by atoms with van der Waals surface area (Å²) in [4.78, 5) is 0. The molecule has 0 heterocycles. The minimum atomic E-state index is 0.769. The van der Waals surface area contributed by atoms with Crippen LogP contribution in [0.15, 0.2) is 23.3 Å². The van der Waals surface area contributed by atoms with Crippen molar-refractivity contribution in [2.24, 2.45) is 35.5 Å². The van der Waals surface area contributed by atoms with E-state index in [1.165, 1.54) is 25.7 Å². The number of allylic oxidation sites excluding steroid dienone is 4. The minimum absolute atomic E-state index is 0.769. The molecule has 0 saturated heterocycles. The van der Waals surface area contributed by atoms with Crippen LogP contribution in [0, 0.1) is 35.5 Å². The lowest BCUT2D eigenvalue weighted by Crippen LogP contribution is -2.26. The van der Waals surface area contributed by atoms with Crippen molar-refractivity contribution in [1.29, 1.82) is 0 Å². The summed E-state index contributed by atoms with van der Waals surface area (Å²) in [7, 11) is 0. The van der Waals surface area contributed by atoms with E-state index in [1.807, 2.05) is 0 Å². The molecule has 0 amide bonds. The maximum atomic E-state index is 2.62. The Morgan fingerprint density at radius 1 is 0.700 bits per heavy atom. The van der Waals surface area contributed by atoms with E-state index >= 15 is 0 Å². The summed E-state index contributed by atoms with van der Waals surface area (Å²) in [5, 5.41) is 0. The lowest BCUT2D eigenvalue weighted by molar-refractivity contribution is 0.326. The van der Waals surface area contributed by atoms with Crippen LogP contribution in [0.1, 0.15) is 67.2 Å². The fourth-order valence-corrected chi connectivity index (χ4v) is 4.23. The third-order valence-electron chi connectivity index (χ3n) is 5.54. The van der Waals surface area contributed by atoms with Gasteiger partial charge in [0.1, 0.15) is 0 Å². The van der Waals surface area contributed by atoms with Crippen molar-refractivity contribution in [3.05, 3.63) is 23.3 Å². The molecule has 0 aliphatic heterocycles. The lowest BCUT2D eigenvalue weighted by atomic mass is 9.67. The van der Waals surface area contributed by atoms with E-state index < -0.39 is 0 Å². The molecule has 0 unspecified atom stereocenters. The highest BCUT2D eigenvalue weighted by molar-refractivity contribution is 5.38. The first kappa shape index (κ1) is 15.9. The van der Waals surface area contributed by atoms with Crippen LogP contribution in [0.3, 0.4) is 0 Å². The van der Waals surface area contributed by atoms with Crippen LogP contribution >= 0.6 is 0 Å². The Balaban J connectivity index is 2.37. The van der Waals surface area contributed by atoms with E-state index in [1.54, 1.807) is 11.1 Å². The first-order valence-corrected chi connectivity index (χ1v) is 8.84. The summed E-state index contributed by atoms with van der Waals surface area (Å²) in [6.45, 7) is 14.4. The van der Waals surface area contributed by atoms with E-state index in [9.17, 15) is 0 Å². The zero-order valence-electron chi connectivity index (χ0n) is 14.4. The average molecular weight is 274 g/mol. The summed E-state index contributed by atoms with van der Waals surface area (Å²) in [6.07, 6.45) is 10.8. The largest absolute Gasteiger partial charge is 0.0779 e. The summed E-state index contributed by atoms with van der Waals surface area (Å²) in [5.74, 6) is 4.68. The monoisotopic (exact) mass is 274 g/mol. The standard InChI is InChI=1S/C20H34/c1-13(2)17-9-7-15(5)11-19(17)20-12-16(6)8-10-18(20)14(3)4/h11-18H,7-10H2,1-6H3/t15-,16-,17+,18+/m1/s1. The molecule has 20 heavy (non-hydrogen) atoms. The van der Waals surface area contributed by atoms with E-state index in [0.717, 1.165) is 35.5 Å². The number of hydrogen-bond donors (Lipinski definition) is 0. The molecule has 0 fully saturated rings. The molecular formula is C20H34. The molecular weight excluding hydrogens is 240 g/mol. The van der Waals surface area contributed by atoms with Gasteiger partial charge in [-0.05, 0) is 72.3 Å². The van der Waals surface area contributed by atoms with Gasteiger partial charge < -0.3 is 0 Å². The molecule has 114 valence electrons. The van der Waals surface area contributed by atoms with Crippen LogP contribution < -0.4 is 0 Å². The average Bonchev–Trinajstić information content (AvgIpc) is 2.37. The molecule has 2 aliphatic rings. The molecule has 0 bridgehead atoms. The summed E-state index contributed by atoms with van der Waals surface area (Å²) in [5.41, 5.74) is 3.45. The van der Waals surface area contributed by atoms with E-state index in [0.29, 0.717) is 0 Å². The second kappa shape index (κ2) is 6.50. The van der Waals surface area contributed by atoms with E-state index in [-0.39, 0.29) is 0 Å². The molecule has 0 radical (unpaired) electrons. The molecule has 0 aromatic carbocycles. The quantitative estimate of drug-likeness (QED) is 0.571. The highest BCUT2D eigenvalue weighted by Crippen LogP contribution is 2.45. The SMILES string of the molecule is CC(C)[C@@H]1CC[C@@H](C)C=C1C1=C[C@H](C)CC[C@H]1C(C)C. The second-order valence-corrected chi connectivity index (χ2v) is 8.05. The summed E-state index contributed by atoms with van der Waals surface area (Å²) in [6, 6.07) is 0. The smallest absolute Gasteiger partial charge is 0.0139 e. The number of rotatable bonds is 3. The van der Waals surface area contributed by atoms with Crippen molar-refractivity contribution in [2.45, 2.75) is 67.2 Å². The van der Waals surface area contributed by atoms with Gasteiger partial charge in [-0.3, -0.25) is 0 Å². The Bertz CT molecular complexity index is 345. The Morgan fingerprint density at radius 3 is 1.35 bits per heavy atom. The zero-order valence-corrected chi connectivity index (χ0v) is 14.4. The molecule has 0 aromatic rings. The van der Waals surface area contributed by atoms with Crippen molar-refractivity contribution >= 4 is 0 Å². The van der Waals surface area contributed by atoms with Gasteiger partial charge in [0, 0.05) is 0 Å². The van der Waals surface area contributed by atoms with Gasteiger partial charge in [0.25, 0.3) is 0 Å². The lowest BCUT2D eigenvalue weighted by Gasteiger charge is -2.38. The first-order chi connectivity index (χ1) is 9.40. The van der Waals surface area contributed by atoms with Crippen molar-refractivity contribution in [3.63, 3.8) is 0 Å². The van der Waals surface area contributed by atoms with Crippen LogP contribution in [-0.4, -0.2) is 0 Å². The minimum Gasteiger partial charge on any atom is -0.0779 e. The van der Waals surface area contributed by atoms with E-state index in [4.69, 9.17) is 0 Å². The molecule has 0 heteroatoms. The first-order valence-electron chi connectivity index (χ1n) is 8.84. The third-order valence-corrected chi connectivity index (χ3v) is 5.54. The van der Waals surface area contributed by atoms with Crippen molar-refractivity contribution < 1.29 is 0 Å². The predicted molar refractivity (Wildman–Crippen MR) is 89.6 cm³/mol. The van der Waals surface area contributed by atoms with Crippen molar-refractivity contribution in [3.8, 4) is 0 Å². The summed E-state index contributed by atoms with van der Waals surface area (Å²) < 4.78 is 0. The molecule has 0 nitrogen and oxygen atoms in total. The van der Waals surface area contributed by atoms with Crippen molar-refractivity contribution in [2.75, 3.05) is 0 Å². The maximum Gasteiger partial charge on any atom is -0.0139 e. The molecule has 4 atom stereocenters. The Kier molecular flexibility index (Phi) is 5.15. The number of hydrogen-bond acceptors (Lipinski definition) is 0. The van der Waals surface area contributed by atoms with Gasteiger partial charge in [0.2, 0.25) is 0 Å². The Labute approximate surface area is 126 Å². The second-order valence-electron chi connectivity index (χ2n) is 8.05. The van der Waals surface area contributed by atoms with Crippen LogP contribution in [0.5, 0.6) is 0 Å². The van der Waals surface area contributed by atoms with Gasteiger partial charge in [-0.25, -0.2) is 0 Å². The Morgan fingerprint density at radius 2 is 1.05 bits per heavy atom. The van der Waals surface area contributed by atoms with E-state index in [2.05, 4.69) is 53.7 Å². The van der Waals surface area contributed by atoms with Gasteiger partial charge in [0.15, 0.2) is 0 Å². The van der Waals surface area contributed by atoms with Crippen LogP contribution in [-0.2, 0) is 0 Å². The van der Waals surface area contributed by atoms with Gasteiger partial charge in [-0.15, -0.1) is 0 Å². The van der Waals surface area contributed by atoms with Crippen LogP contribution in [0.2, 0.25) is 0 Å².